The Labute approximate surface area is 275 Å². The minimum atomic E-state index is -5.08. The monoisotopic (exact) mass is 684 g/mol. The van der Waals surface area contributed by atoms with E-state index in [2.05, 4.69) is 0 Å². The molecule has 49 heavy (non-hydrogen) atoms. The van der Waals surface area contributed by atoms with Gasteiger partial charge in [0.05, 0.1) is 47.3 Å². The third-order valence-electron chi connectivity index (χ3n) is 8.27. The Bertz CT molecular complexity index is 2180. The zero-order valence-corrected chi connectivity index (χ0v) is 26.8. The second-order valence-electron chi connectivity index (χ2n) is 13.0. The van der Waals surface area contributed by atoms with Crippen molar-refractivity contribution in [3.05, 3.63) is 98.5 Å². The van der Waals surface area contributed by atoms with Crippen molar-refractivity contribution in [3.63, 3.8) is 0 Å². The molecule has 0 radical (unpaired) electrons. The molecule has 1 aliphatic rings. The SMILES string of the molecule is Cc1cc2c(ccc(=O)n2Cc2cc(C(F)(F)F)cc(C(F)(F)F)c2)c(-c2c(OC(C)(C)C)cc3c4c(ccnc24)CCO3)c1CC(=O)O. The molecule has 5 aromatic rings. The van der Waals surface area contributed by atoms with E-state index in [4.69, 9.17) is 14.5 Å². The molecule has 13 heteroatoms. The van der Waals surface area contributed by atoms with Crippen molar-refractivity contribution in [3.8, 4) is 22.6 Å². The molecule has 3 aromatic carbocycles. The van der Waals surface area contributed by atoms with Crippen molar-refractivity contribution in [2.24, 2.45) is 0 Å². The highest BCUT2D eigenvalue weighted by Crippen LogP contribution is 2.48. The van der Waals surface area contributed by atoms with E-state index in [0.29, 0.717) is 75.2 Å². The normalized spacial score (nSPS) is 13.5. The predicted molar refractivity (Wildman–Crippen MR) is 170 cm³/mol. The fourth-order valence-corrected chi connectivity index (χ4v) is 6.33. The largest absolute Gasteiger partial charge is 0.492 e. The average molecular weight is 685 g/mol. The average Bonchev–Trinajstić information content (AvgIpc) is 2.98. The number of fused-ring (bicyclic) bond motifs is 1. The van der Waals surface area contributed by atoms with Crippen molar-refractivity contribution >= 4 is 27.8 Å². The third kappa shape index (κ3) is 6.53. The van der Waals surface area contributed by atoms with Crippen molar-refractivity contribution in [1.29, 1.82) is 0 Å². The highest BCUT2D eigenvalue weighted by Gasteiger charge is 2.37. The van der Waals surface area contributed by atoms with Gasteiger partial charge in [-0.1, -0.05) is 0 Å². The first kappa shape index (κ1) is 33.8. The molecule has 0 saturated carbocycles. The smallest absolute Gasteiger partial charge is 0.416 e. The molecule has 6 rings (SSSR count). The second kappa shape index (κ2) is 11.8. The summed E-state index contributed by atoms with van der Waals surface area (Å²) >= 11 is 0. The summed E-state index contributed by atoms with van der Waals surface area (Å²) in [6.07, 6.45) is -8.41. The number of pyridine rings is 2. The molecule has 0 amide bonds. The molecule has 0 atom stereocenters. The van der Waals surface area contributed by atoms with E-state index in [1.54, 1.807) is 19.2 Å². The summed E-state index contributed by atoms with van der Waals surface area (Å²) in [6, 6.07) is 8.89. The second-order valence-corrected chi connectivity index (χ2v) is 13.0. The summed E-state index contributed by atoms with van der Waals surface area (Å²) in [5, 5.41) is 11.0. The van der Waals surface area contributed by atoms with E-state index in [9.17, 15) is 41.0 Å². The number of ether oxygens (including phenoxy) is 2. The lowest BCUT2D eigenvalue weighted by atomic mass is 9.87. The van der Waals surface area contributed by atoms with Crippen molar-refractivity contribution in [1.82, 2.24) is 9.55 Å². The van der Waals surface area contributed by atoms with Gasteiger partial charge in [0.15, 0.2) is 0 Å². The van der Waals surface area contributed by atoms with Crippen molar-refractivity contribution in [2.75, 3.05) is 6.61 Å². The maximum absolute atomic E-state index is 13.7. The Balaban J connectivity index is 1.71. The number of aromatic nitrogens is 2. The van der Waals surface area contributed by atoms with E-state index in [1.165, 1.54) is 12.1 Å². The maximum atomic E-state index is 13.7. The number of halogens is 6. The Morgan fingerprint density at radius 2 is 1.63 bits per heavy atom. The summed E-state index contributed by atoms with van der Waals surface area (Å²) in [5.74, 6) is -0.325. The first-order valence-electron chi connectivity index (χ1n) is 15.2. The lowest BCUT2D eigenvalue weighted by Crippen LogP contribution is -2.24. The molecule has 2 aromatic heterocycles. The lowest BCUT2D eigenvalue weighted by Gasteiger charge is -2.28. The van der Waals surface area contributed by atoms with E-state index in [1.807, 2.05) is 26.8 Å². The molecular weight excluding hydrogens is 654 g/mol. The van der Waals surface area contributed by atoms with Gasteiger partial charge in [-0.3, -0.25) is 14.6 Å². The summed E-state index contributed by atoms with van der Waals surface area (Å²) in [5.41, 5.74) is -1.77. The molecule has 256 valence electrons. The summed E-state index contributed by atoms with van der Waals surface area (Å²) in [4.78, 5) is 30.4. The van der Waals surface area contributed by atoms with Gasteiger partial charge in [0, 0.05) is 41.1 Å². The number of alkyl halides is 6. The number of carboxylic acid groups (broad SMARTS) is 1. The van der Waals surface area contributed by atoms with Gasteiger partial charge in [-0.2, -0.15) is 26.3 Å². The van der Waals surface area contributed by atoms with Crippen LogP contribution in [-0.2, 0) is 36.5 Å². The van der Waals surface area contributed by atoms with E-state index in [-0.39, 0.29) is 11.6 Å². The highest BCUT2D eigenvalue weighted by molar-refractivity contribution is 6.10. The van der Waals surface area contributed by atoms with Crippen LogP contribution in [0.5, 0.6) is 11.5 Å². The number of carboxylic acids is 1. The molecule has 0 saturated heterocycles. The van der Waals surface area contributed by atoms with Gasteiger partial charge < -0.3 is 19.1 Å². The van der Waals surface area contributed by atoms with Crippen LogP contribution in [0.2, 0.25) is 0 Å². The van der Waals surface area contributed by atoms with Gasteiger partial charge in [0.25, 0.3) is 5.56 Å². The summed E-state index contributed by atoms with van der Waals surface area (Å²) in [7, 11) is 0. The number of carbonyl (C=O) groups is 1. The van der Waals surface area contributed by atoms with E-state index >= 15 is 0 Å². The molecule has 1 N–H and O–H groups in total. The van der Waals surface area contributed by atoms with Crippen molar-refractivity contribution < 1.29 is 45.7 Å². The summed E-state index contributed by atoms with van der Waals surface area (Å²) < 4.78 is 95.8. The van der Waals surface area contributed by atoms with Crippen LogP contribution in [0, 0.1) is 6.92 Å². The Kier molecular flexibility index (Phi) is 8.15. The van der Waals surface area contributed by atoms with Gasteiger partial charge in [-0.15, -0.1) is 0 Å². The minimum Gasteiger partial charge on any atom is -0.492 e. The van der Waals surface area contributed by atoms with Gasteiger partial charge in [0.1, 0.15) is 17.1 Å². The molecule has 1 aliphatic heterocycles. The molecule has 0 fully saturated rings. The molecule has 0 unspecified atom stereocenters. The zero-order chi connectivity index (χ0) is 35.6. The number of rotatable bonds is 6. The first-order chi connectivity index (χ1) is 22.8. The van der Waals surface area contributed by atoms with Gasteiger partial charge >= 0.3 is 18.3 Å². The molecular formula is C36H30F6N2O5. The van der Waals surface area contributed by atoms with Gasteiger partial charge in [-0.05, 0) is 86.3 Å². The third-order valence-corrected chi connectivity index (χ3v) is 8.27. The van der Waals surface area contributed by atoms with Crippen LogP contribution in [0.1, 0.15) is 54.2 Å². The van der Waals surface area contributed by atoms with Crippen LogP contribution < -0.4 is 15.0 Å². The number of hydrogen-bond donors (Lipinski definition) is 1. The maximum Gasteiger partial charge on any atom is 0.416 e. The fraction of sp³-hybridized carbons (Fsp3) is 0.306. The highest BCUT2D eigenvalue weighted by atomic mass is 19.4. The molecule has 3 heterocycles. The number of nitrogens with zero attached hydrogens (tertiary/aromatic N) is 2. The van der Waals surface area contributed by atoms with E-state index < -0.39 is 59.1 Å². The van der Waals surface area contributed by atoms with Gasteiger partial charge in [-0.25, -0.2) is 0 Å². The van der Waals surface area contributed by atoms with Crippen molar-refractivity contribution in [2.45, 2.75) is 65.0 Å². The Hall–Kier alpha value is -5.07. The lowest BCUT2D eigenvalue weighted by molar-refractivity contribution is -0.143. The number of hydrogen-bond acceptors (Lipinski definition) is 5. The Morgan fingerprint density at radius 3 is 2.24 bits per heavy atom. The van der Waals surface area contributed by atoms with Gasteiger partial charge in [0.2, 0.25) is 0 Å². The Morgan fingerprint density at radius 1 is 0.959 bits per heavy atom. The minimum absolute atomic E-state index is 0.0289. The molecule has 0 aliphatic carbocycles. The van der Waals surface area contributed by atoms with Crippen LogP contribution in [0.3, 0.4) is 0 Å². The zero-order valence-electron chi connectivity index (χ0n) is 26.8. The topological polar surface area (TPSA) is 90.7 Å². The van der Waals surface area contributed by atoms with Crippen LogP contribution in [0.15, 0.2) is 59.5 Å². The number of aliphatic carboxylic acids is 1. The van der Waals surface area contributed by atoms with Crippen LogP contribution in [-0.4, -0.2) is 32.8 Å². The van der Waals surface area contributed by atoms with E-state index in [0.717, 1.165) is 16.2 Å². The summed E-state index contributed by atoms with van der Waals surface area (Å²) in [6.45, 7) is 6.88. The van der Waals surface area contributed by atoms with Crippen LogP contribution >= 0.6 is 0 Å². The number of aryl methyl sites for hydroxylation is 1. The van der Waals surface area contributed by atoms with Crippen LogP contribution in [0.25, 0.3) is 32.9 Å². The standard InChI is InChI=1S/C36H30F6N2O5/c1-18-11-25-23(5-6-28(45)44(25)17-19-12-21(35(37,38)39)14-22(13-19)36(40,41)42)31(24(18)15-29(46)47)32-27(49-34(2,3)4)16-26-30-20(8-10-48-26)7-9-43-33(30)32/h5-7,9,11-14,16H,8,10,15,17H2,1-4H3,(H,46,47). The quantitative estimate of drug-likeness (QED) is 0.181. The molecule has 0 bridgehead atoms. The molecule has 7 nitrogen and oxygen atoms in total. The fourth-order valence-electron chi connectivity index (χ4n) is 6.33. The molecule has 0 spiro atoms. The number of benzene rings is 3. The van der Waals surface area contributed by atoms with Crippen LogP contribution in [0.4, 0.5) is 26.3 Å². The predicted octanol–water partition coefficient (Wildman–Crippen LogP) is 8.35. The first-order valence-corrected chi connectivity index (χ1v) is 15.2.